The van der Waals surface area contributed by atoms with E-state index in [4.69, 9.17) is 5.73 Å². The van der Waals surface area contributed by atoms with E-state index in [9.17, 15) is 4.79 Å². The van der Waals surface area contributed by atoms with Crippen molar-refractivity contribution in [3.63, 3.8) is 0 Å². The van der Waals surface area contributed by atoms with Crippen LogP contribution in [0, 0.1) is 11.8 Å². The summed E-state index contributed by atoms with van der Waals surface area (Å²) in [5.74, 6) is 1.72. The van der Waals surface area contributed by atoms with Crippen LogP contribution >= 0.6 is 0 Å². The summed E-state index contributed by atoms with van der Waals surface area (Å²) in [4.78, 5) is 11.5. The van der Waals surface area contributed by atoms with Gasteiger partial charge in [-0.15, -0.1) is 0 Å². The molecular formula is C12H24N2O. The molecule has 3 heteroatoms. The molecule has 1 rings (SSSR count). The molecule has 0 saturated heterocycles. The van der Waals surface area contributed by atoms with Crippen molar-refractivity contribution in [3.8, 4) is 0 Å². The fourth-order valence-corrected chi connectivity index (χ4v) is 2.24. The fourth-order valence-electron chi connectivity index (χ4n) is 2.24. The lowest BCUT2D eigenvalue weighted by Gasteiger charge is -2.32. The monoisotopic (exact) mass is 212 g/mol. The van der Waals surface area contributed by atoms with Crippen molar-refractivity contribution in [2.24, 2.45) is 17.6 Å². The Morgan fingerprint density at radius 3 is 2.67 bits per heavy atom. The van der Waals surface area contributed by atoms with Crippen molar-refractivity contribution >= 4 is 5.91 Å². The van der Waals surface area contributed by atoms with Crippen molar-refractivity contribution < 1.29 is 4.79 Å². The zero-order valence-electron chi connectivity index (χ0n) is 9.96. The van der Waals surface area contributed by atoms with E-state index in [1.807, 2.05) is 0 Å². The second-order valence-corrected chi connectivity index (χ2v) is 4.92. The molecule has 1 amide bonds. The van der Waals surface area contributed by atoms with Crippen molar-refractivity contribution in [1.82, 2.24) is 5.32 Å². The van der Waals surface area contributed by atoms with Crippen LogP contribution in [0.5, 0.6) is 0 Å². The van der Waals surface area contributed by atoms with Crippen molar-refractivity contribution in [3.05, 3.63) is 0 Å². The van der Waals surface area contributed by atoms with Crippen LogP contribution in [-0.4, -0.2) is 18.5 Å². The van der Waals surface area contributed by atoms with Crippen LogP contribution in [0.4, 0.5) is 0 Å². The van der Waals surface area contributed by atoms with E-state index in [0.29, 0.717) is 19.0 Å². The molecule has 0 bridgehead atoms. The second kappa shape index (κ2) is 6.11. The Morgan fingerprint density at radius 2 is 2.07 bits per heavy atom. The molecule has 3 unspecified atom stereocenters. The van der Waals surface area contributed by atoms with Gasteiger partial charge in [-0.1, -0.05) is 13.8 Å². The SMILES string of the molecule is CC1CCC(NC(=O)CCCN)CC1C. The highest BCUT2D eigenvalue weighted by atomic mass is 16.1. The van der Waals surface area contributed by atoms with Crippen molar-refractivity contribution in [2.45, 2.75) is 52.0 Å². The number of hydrogen-bond donors (Lipinski definition) is 2. The maximum atomic E-state index is 11.5. The number of carbonyl (C=O) groups excluding carboxylic acids is 1. The lowest BCUT2D eigenvalue weighted by molar-refractivity contribution is -0.122. The summed E-state index contributed by atoms with van der Waals surface area (Å²) in [6.45, 7) is 5.19. The minimum atomic E-state index is 0.173. The summed E-state index contributed by atoms with van der Waals surface area (Å²) in [5.41, 5.74) is 5.37. The van der Waals surface area contributed by atoms with Crippen LogP contribution < -0.4 is 11.1 Å². The number of carbonyl (C=O) groups is 1. The van der Waals surface area contributed by atoms with Gasteiger partial charge in [0.1, 0.15) is 0 Å². The first-order valence-corrected chi connectivity index (χ1v) is 6.13. The maximum Gasteiger partial charge on any atom is 0.220 e. The predicted octanol–water partition coefficient (Wildman–Crippen LogP) is 1.67. The highest BCUT2D eigenvalue weighted by Gasteiger charge is 2.25. The second-order valence-electron chi connectivity index (χ2n) is 4.92. The standard InChI is InChI=1S/C12H24N2O/c1-9-5-6-11(8-10(9)2)14-12(15)4-3-7-13/h9-11H,3-8,13H2,1-2H3,(H,14,15). The van der Waals surface area contributed by atoms with Gasteiger partial charge in [-0.25, -0.2) is 0 Å². The Kier molecular flexibility index (Phi) is 5.09. The molecular weight excluding hydrogens is 188 g/mol. The smallest absolute Gasteiger partial charge is 0.220 e. The number of rotatable bonds is 4. The van der Waals surface area contributed by atoms with Gasteiger partial charge >= 0.3 is 0 Å². The van der Waals surface area contributed by atoms with E-state index in [-0.39, 0.29) is 5.91 Å². The first kappa shape index (κ1) is 12.5. The topological polar surface area (TPSA) is 55.1 Å². The maximum absolute atomic E-state index is 11.5. The lowest BCUT2D eigenvalue weighted by Crippen LogP contribution is -2.39. The molecule has 1 saturated carbocycles. The summed E-state index contributed by atoms with van der Waals surface area (Å²) in [6.07, 6.45) is 4.89. The number of amides is 1. The Labute approximate surface area is 92.8 Å². The van der Waals surface area contributed by atoms with Crippen LogP contribution in [0.3, 0.4) is 0 Å². The highest BCUT2D eigenvalue weighted by Crippen LogP contribution is 2.29. The van der Waals surface area contributed by atoms with E-state index in [1.54, 1.807) is 0 Å². The third-order valence-electron chi connectivity index (χ3n) is 3.57. The lowest BCUT2D eigenvalue weighted by atomic mass is 9.79. The van der Waals surface area contributed by atoms with Gasteiger partial charge in [0, 0.05) is 12.5 Å². The zero-order chi connectivity index (χ0) is 11.3. The minimum absolute atomic E-state index is 0.173. The highest BCUT2D eigenvalue weighted by molar-refractivity contribution is 5.76. The van der Waals surface area contributed by atoms with Crippen LogP contribution in [-0.2, 0) is 4.79 Å². The molecule has 1 aliphatic carbocycles. The van der Waals surface area contributed by atoms with Crippen molar-refractivity contribution in [2.75, 3.05) is 6.54 Å². The normalized spacial score (nSPS) is 31.3. The van der Waals surface area contributed by atoms with Gasteiger partial charge in [0.15, 0.2) is 0 Å². The third kappa shape index (κ3) is 4.20. The average molecular weight is 212 g/mol. The van der Waals surface area contributed by atoms with Gasteiger partial charge in [0.2, 0.25) is 5.91 Å². The van der Waals surface area contributed by atoms with Crippen LogP contribution in [0.25, 0.3) is 0 Å². The molecule has 0 heterocycles. The van der Waals surface area contributed by atoms with Crippen LogP contribution in [0.15, 0.2) is 0 Å². The molecule has 3 nitrogen and oxygen atoms in total. The van der Waals surface area contributed by atoms with Crippen LogP contribution in [0.1, 0.15) is 46.0 Å². The molecule has 0 aromatic carbocycles. The van der Waals surface area contributed by atoms with E-state index in [0.717, 1.165) is 31.1 Å². The summed E-state index contributed by atoms with van der Waals surface area (Å²) in [5, 5.41) is 3.11. The molecule has 0 aromatic rings. The van der Waals surface area contributed by atoms with E-state index in [2.05, 4.69) is 19.2 Å². The summed E-state index contributed by atoms with van der Waals surface area (Å²) >= 11 is 0. The Balaban J connectivity index is 2.24. The summed E-state index contributed by atoms with van der Waals surface area (Å²) < 4.78 is 0. The summed E-state index contributed by atoms with van der Waals surface area (Å²) in [7, 11) is 0. The Morgan fingerprint density at radius 1 is 1.33 bits per heavy atom. The molecule has 3 N–H and O–H groups in total. The van der Waals surface area contributed by atoms with Crippen molar-refractivity contribution in [1.29, 1.82) is 0 Å². The number of nitrogens with two attached hydrogens (primary N) is 1. The van der Waals surface area contributed by atoms with Gasteiger partial charge in [-0.05, 0) is 44.1 Å². The van der Waals surface area contributed by atoms with Gasteiger partial charge in [-0.3, -0.25) is 4.79 Å². The zero-order valence-corrected chi connectivity index (χ0v) is 9.96. The molecule has 1 fully saturated rings. The number of nitrogens with one attached hydrogen (secondary N) is 1. The van der Waals surface area contributed by atoms with Crippen LogP contribution in [0.2, 0.25) is 0 Å². The van der Waals surface area contributed by atoms with Gasteiger partial charge in [0.25, 0.3) is 0 Å². The van der Waals surface area contributed by atoms with Gasteiger partial charge < -0.3 is 11.1 Å². The molecule has 15 heavy (non-hydrogen) atoms. The van der Waals surface area contributed by atoms with Gasteiger partial charge in [-0.2, -0.15) is 0 Å². The molecule has 88 valence electrons. The predicted molar refractivity (Wildman–Crippen MR) is 62.4 cm³/mol. The molecule has 3 atom stereocenters. The number of hydrogen-bond acceptors (Lipinski definition) is 2. The quantitative estimate of drug-likeness (QED) is 0.744. The molecule has 1 aliphatic rings. The minimum Gasteiger partial charge on any atom is -0.353 e. The average Bonchev–Trinajstić information content (AvgIpc) is 2.20. The molecule has 0 spiro atoms. The first-order valence-electron chi connectivity index (χ1n) is 6.13. The van der Waals surface area contributed by atoms with E-state index < -0.39 is 0 Å². The molecule has 0 radical (unpaired) electrons. The van der Waals surface area contributed by atoms with E-state index in [1.165, 1.54) is 6.42 Å². The molecule has 0 aromatic heterocycles. The Bertz CT molecular complexity index is 206. The molecule has 0 aliphatic heterocycles. The Hall–Kier alpha value is -0.570. The third-order valence-corrected chi connectivity index (χ3v) is 3.57. The summed E-state index contributed by atoms with van der Waals surface area (Å²) in [6, 6.07) is 0.404. The first-order chi connectivity index (χ1) is 7.13. The largest absolute Gasteiger partial charge is 0.353 e. The fraction of sp³-hybridized carbons (Fsp3) is 0.917. The van der Waals surface area contributed by atoms with Gasteiger partial charge in [0.05, 0.1) is 0 Å². The van der Waals surface area contributed by atoms with E-state index >= 15 is 0 Å².